The first-order chi connectivity index (χ1) is 9.65. The minimum Gasteiger partial charge on any atom is -0.497 e. The average Bonchev–Trinajstić information content (AvgIpc) is 2.48. The number of benzene rings is 2. The van der Waals surface area contributed by atoms with Gasteiger partial charge in [-0.15, -0.1) is 0 Å². The molecule has 0 radical (unpaired) electrons. The monoisotopic (exact) mass is 285 g/mol. The number of ketones is 1. The number of hydrogen-bond donors (Lipinski definition) is 0. The normalized spacial score (nSPS) is 11.4. The summed E-state index contributed by atoms with van der Waals surface area (Å²) in [7, 11) is 1.54. The van der Waals surface area contributed by atoms with Crippen molar-refractivity contribution >= 4 is 17.4 Å². The number of rotatable bonds is 4. The molecule has 0 N–H and O–H groups in total. The van der Waals surface area contributed by atoms with Crippen LogP contribution in [0.25, 0.3) is 0 Å². The van der Waals surface area contributed by atoms with Crippen molar-refractivity contribution in [2.24, 2.45) is 0 Å². The zero-order valence-corrected chi connectivity index (χ0v) is 11.6. The van der Waals surface area contributed by atoms with Crippen molar-refractivity contribution in [2.75, 3.05) is 7.11 Å². The highest BCUT2D eigenvalue weighted by Crippen LogP contribution is 2.25. The number of methoxy groups -OCH3 is 1. The van der Waals surface area contributed by atoms with Gasteiger partial charge >= 0.3 is 0 Å². The summed E-state index contributed by atoms with van der Waals surface area (Å²) in [5.74, 6) is -0.534. The molecule has 1 unspecified atom stereocenters. The lowest BCUT2D eigenvalue weighted by Crippen LogP contribution is -2.11. The van der Waals surface area contributed by atoms with Gasteiger partial charge in [-0.3, -0.25) is 4.79 Å². The van der Waals surface area contributed by atoms with E-state index in [0.717, 1.165) is 0 Å². The Morgan fingerprint density at radius 1 is 1.25 bits per heavy atom. The second kappa shape index (κ2) is 6.23. The number of Topliss-reactive ketones (excluding diaryl/α,β-unsaturated/α-hetero) is 1. The lowest BCUT2D eigenvalue weighted by Gasteiger charge is -2.10. The van der Waals surface area contributed by atoms with E-state index in [1.54, 1.807) is 55.6 Å². The number of ether oxygens (including phenoxy) is 1. The van der Waals surface area contributed by atoms with Gasteiger partial charge in [-0.25, -0.2) is 0 Å². The Morgan fingerprint density at radius 2 is 2.00 bits per heavy atom. The summed E-state index contributed by atoms with van der Waals surface area (Å²) in [4.78, 5) is 12.4. The molecule has 0 amide bonds. The van der Waals surface area contributed by atoms with Gasteiger partial charge in [0.15, 0.2) is 5.78 Å². The summed E-state index contributed by atoms with van der Waals surface area (Å²) in [5.41, 5.74) is 1.03. The molecular formula is C16H12ClNO2. The molecule has 0 saturated heterocycles. The quantitative estimate of drug-likeness (QED) is 0.802. The molecule has 0 fully saturated rings. The van der Waals surface area contributed by atoms with Crippen molar-refractivity contribution in [3.05, 3.63) is 64.7 Å². The Balaban J connectivity index is 2.37. The first kappa shape index (κ1) is 14.1. The van der Waals surface area contributed by atoms with Crippen LogP contribution in [0.3, 0.4) is 0 Å². The smallest absolute Gasteiger partial charge is 0.184 e. The van der Waals surface area contributed by atoms with Crippen LogP contribution in [0.2, 0.25) is 5.02 Å². The molecular weight excluding hydrogens is 274 g/mol. The highest BCUT2D eigenvalue weighted by Gasteiger charge is 2.22. The van der Waals surface area contributed by atoms with E-state index in [9.17, 15) is 10.1 Å². The molecule has 0 aromatic heterocycles. The van der Waals surface area contributed by atoms with Crippen molar-refractivity contribution in [1.82, 2.24) is 0 Å². The van der Waals surface area contributed by atoms with E-state index in [-0.39, 0.29) is 5.78 Å². The molecule has 0 aliphatic heterocycles. The Labute approximate surface area is 122 Å². The summed E-state index contributed by atoms with van der Waals surface area (Å²) >= 11 is 5.88. The fourth-order valence-corrected chi connectivity index (χ4v) is 2.10. The van der Waals surface area contributed by atoms with Gasteiger partial charge in [0.2, 0.25) is 0 Å². The van der Waals surface area contributed by atoms with E-state index in [2.05, 4.69) is 0 Å². The third-order valence-corrected chi connectivity index (χ3v) is 3.16. The molecule has 0 aliphatic rings. The minimum atomic E-state index is -0.872. The molecule has 3 nitrogen and oxygen atoms in total. The second-order valence-corrected chi connectivity index (χ2v) is 4.65. The molecule has 0 aliphatic carbocycles. The molecule has 2 rings (SSSR count). The van der Waals surface area contributed by atoms with Crippen LogP contribution < -0.4 is 4.74 Å². The SMILES string of the molecule is COc1cccc(C(C#N)C(=O)c2cccc(Cl)c2)c1. The summed E-state index contributed by atoms with van der Waals surface area (Å²) < 4.78 is 5.11. The van der Waals surface area contributed by atoms with E-state index in [1.807, 2.05) is 6.07 Å². The predicted octanol–water partition coefficient (Wildman–Crippen LogP) is 3.84. The maximum atomic E-state index is 12.4. The van der Waals surface area contributed by atoms with Crippen molar-refractivity contribution in [1.29, 1.82) is 5.26 Å². The molecule has 0 bridgehead atoms. The Hall–Kier alpha value is -2.31. The van der Waals surface area contributed by atoms with Crippen LogP contribution in [0.15, 0.2) is 48.5 Å². The van der Waals surface area contributed by atoms with Gasteiger partial charge in [0, 0.05) is 10.6 Å². The van der Waals surface area contributed by atoms with Crippen molar-refractivity contribution in [2.45, 2.75) is 5.92 Å². The number of halogens is 1. The standard InChI is InChI=1S/C16H12ClNO2/c1-20-14-7-3-4-11(9-14)15(10-18)16(19)12-5-2-6-13(17)8-12/h2-9,15H,1H3. The second-order valence-electron chi connectivity index (χ2n) is 4.21. The maximum Gasteiger partial charge on any atom is 0.184 e. The van der Waals surface area contributed by atoms with Crippen LogP contribution in [-0.2, 0) is 0 Å². The largest absolute Gasteiger partial charge is 0.497 e. The number of carbonyl (C=O) groups is 1. The van der Waals surface area contributed by atoms with Crippen LogP contribution in [-0.4, -0.2) is 12.9 Å². The van der Waals surface area contributed by atoms with Gasteiger partial charge in [0.1, 0.15) is 11.7 Å². The fraction of sp³-hybridized carbons (Fsp3) is 0.125. The van der Waals surface area contributed by atoms with Crippen LogP contribution in [0.5, 0.6) is 5.75 Å². The van der Waals surface area contributed by atoms with Crippen molar-refractivity contribution < 1.29 is 9.53 Å². The molecule has 0 saturated carbocycles. The van der Waals surface area contributed by atoms with Gasteiger partial charge in [0.05, 0.1) is 13.2 Å². The number of hydrogen-bond acceptors (Lipinski definition) is 3. The van der Waals surface area contributed by atoms with Gasteiger partial charge < -0.3 is 4.74 Å². The minimum absolute atomic E-state index is 0.275. The number of carbonyl (C=O) groups excluding carboxylic acids is 1. The van der Waals surface area contributed by atoms with Gasteiger partial charge in [-0.2, -0.15) is 5.26 Å². The van der Waals surface area contributed by atoms with Crippen molar-refractivity contribution in [3.8, 4) is 11.8 Å². The van der Waals surface area contributed by atoms with Crippen LogP contribution in [0, 0.1) is 11.3 Å². The summed E-state index contributed by atoms with van der Waals surface area (Å²) in [6.45, 7) is 0. The van der Waals surface area contributed by atoms with E-state index in [4.69, 9.17) is 16.3 Å². The molecule has 20 heavy (non-hydrogen) atoms. The van der Waals surface area contributed by atoms with Gasteiger partial charge in [0.25, 0.3) is 0 Å². The highest BCUT2D eigenvalue weighted by atomic mass is 35.5. The highest BCUT2D eigenvalue weighted by molar-refractivity contribution is 6.31. The van der Waals surface area contributed by atoms with Gasteiger partial charge in [-0.05, 0) is 29.8 Å². The summed E-state index contributed by atoms with van der Waals surface area (Å²) in [6, 6.07) is 15.6. The first-order valence-electron chi connectivity index (χ1n) is 5.99. The topological polar surface area (TPSA) is 50.1 Å². The molecule has 100 valence electrons. The lowest BCUT2D eigenvalue weighted by molar-refractivity contribution is 0.0979. The summed E-state index contributed by atoms with van der Waals surface area (Å²) in [6.07, 6.45) is 0. The molecule has 2 aromatic carbocycles. The third kappa shape index (κ3) is 2.98. The van der Waals surface area contributed by atoms with Crippen molar-refractivity contribution in [3.63, 3.8) is 0 Å². The number of nitrogens with zero attached hydrogens (tertiary/aromatic N) is 1. The molecule has 4 heteroatoms. The zero-order valence-electron chi connectivity index (χ0n) is 10.8. The van der Waals surface area contributed by atoms with E-state index >= 15 is 0 Å². The Kier molecular flexibility index (Phi) is 4.39. The zero-order chi connectivity index (χ0) is 14.5. The molecule has 0 heterocycles. The van der Waals surface area contributed by atoms with Crippen LogP contribution in [0.1, 0.15) is 21.8 Å². The predicted molar refractivity (Wildman–Crippen MR) is 77.1 cm³/mol. The molecule has 2 aromatic rings. The van der Waals surface area contributed by atoms with E-state index in [1.165, 1.54) is 0 Å². The summed E-state index contributed by atoms with van der Waals surface area (Å²) in [5, 5.41) is 9.77. The molecule has 0 spiro atoms. The number of nitriles is 1. The average molecular weight is 286 g/mol. The van der Waals surface area contributed by atoms with Crippen LogP contribution in [0.4, 0.5) is 0 Å². The first-order valence-corrected chi connectivity index (χ1v) is 6.37. The fourth-order valence-electron chi connectivity index (χ4n) is 1.91. The maximum absolute atomic E-state index is 12.4. The Bertz CT molecular complexity index is 676. The van der Waals surface area contributed by atoms with Crippen LogP contribution >= 0.6 is 11.6 Å². The molecule has 1 atom stereocenters. The lowest BCUT2D eigenvalue weighted by atomic mass is 9.92. The third-order valence-electron chi connectivity index (χ3n) is 2.93. The van der Waals surface area contributed by atoms with E-state index in [0.29, 0.717) is 21.9 Å². The van der Waals surface area contributed by atoms with Gasteiger partial charge in [-0.1, -0.05) is 35.9 Å². The Morgan fingerprint density at radius 3 is 2.65 bits per heavy atom. The van der Waals surface area contributed by atoms with E-state index < -0.39 is 5.92 Å².